The summed E-state index contributed by atoms with van der Waals surface area (Å²) >= 11 is 1.11. The molecule has 0 bridgehead atoms. The minimum atomic E-state index is -2.65. The molecular weight excluding hydrogens is 356 g/mol. The summed E-state index contributed by atoms with van der Waals surface area (Å²) in [6.07, 6.45) is -1.15. The van der Waals surface area contributed by atoms with E-state index in [1.807, 2.05) is 32.0 Å². The fourth-order valence-corrected chi connectivity index (χ4v) is 4.24. The van der Waals surface area contributed by atoms with E-state index in [0.717, 1.165) is 28.2 Å². The van der Waals surface area contributed by atoms with Crippen molar-refractivity contribution < 1.29 is 8.78 Å². The van der Waals surface area contributed by atoms with Crippen molar-refractivity contribution in [2.75, 3.05) is 0 Å². The highest BCUT2D eigenvalue weighted by molar-refractivity contribution is 7.25. The molecule has 0 saturated heterocycles. The highest BCUT2D eigenvalue weighted by Gasteiger charge is 2.19. The highest BCUT2D eigenvalue weighted by atomic mass is 32.1. The summed E-state index contributed by atoms with van der Waals surface area (Å²) in [5, 5.41) is 0.666. The molecule has 0 saturated carbocycles. The molecule has 0 amide bonds. The Hall–Kier alpha value is -2.67. The molecule has 1 aromatic carbocycles. The molecule has 26 heavy (non-hydrogen) atoms. The van der Waals surface area contributed by atoms with Crippen molar-refractivity contribution in [1.82, 2.24) is 14.5 Å². The number of benzene rings is 1. The van der Waals surface area contributed by atoms with Gasteiger partial charge in [0.1, 0.15) is 21.6 Å². The zero-order valence-electron chi connectivity index (χ0n) is 14.4. The Morgan fingerprint density at radius 3 is 2.62 bits per heavy atom. The van der Waals surface area contributed by atoms with Gasteiger partial charge in [0.05, 0.1) is 11.2 Å². The molecule has 4 nitrogen and oxygen atoms in total. The lowest BCUT2D eigenvalue weighted by atomic mass is 10.1. The number of alkyl halides is 2. The fraction of sp³-hybridized carbons (Fsp3) is 0.211. The summed E-state index contributed by atoms with van der Waals surface area (Å²) in [7, 11) is 0. The second-order valence-electron chi connectivity index (χ2n) is 6.33. The first-order valence-electron chi connectivity index (χ1n) is 8.04. The van der Waals surface area contributed by atoms with Crippen LogP contribution in [-0.2, 0) is 0 Å². The Labute approximate surface area is 151 Å². The van der Waals surface area contributed by atoms with Crippen molar-refractivity contribution in [1.29, 1.82) is 0 Å². The molecule has 0 unspecified atom stereocenters. The van der Waals surface area contributed by atoms with Crippen molar-refractivity contribution in [3.05, 3.63) is 63.3 Å². The molecule has 3 heterocycles. The van der Waals surface area contributed by atoms with Crippen molar-refractivity contribution in [2.24, 2.45) is 0 Å². The maximum absolute atomic E-state index is 13.0. The summed E-state index contributed by atoms with van der Waals surface area (Å²) in [4.78, 5) is 22.0. The van der Waals surface area contributed by atoms with Crippen LogP contribution in [0.2, 0.25) is 0 Å². The van der Waals surface area contributed by atoms with Crippen LogP contribution < -0.4 is 5.56 Å². The lowest BCUT2D eigenvalue weighted by molar-refractivity contribution is 0.146. The highest BCUT2D eigenvalue weighted by Crippen LogP contribution is 2.33. The zero-order chi connectivity index (χ0) is 18.6. The molecule has 0 aliphatic rings. The van der Waals surface area contributed by atoms with Crippen LogP contribution in [0.15, 0.2) is 35.4 Å². The third-order valence-electron chi connectivity index (χ3n) is 4.42. The van der Waals surface area contributed by atoms with E-state index in [1.54, 1.807) is 6.92 Å². The standard InChI is InChI=1S/C19H15F2N3OS/c1-9-4-5-10(2)13(6-9)24-8-22-15-14-11(3)7-12(17(20)21)23-18(14)26-16(15)19(24)25/h4-8,17H,1-3H3. The van der Waals surface area contributed by atoms with Gasteiger partial charge >= 0.3 is 0 Å². The lowest BCUT2D eigenvalue weighted by Crippen LogP contribution is -2.18. The van der Waals surface area contributed by atoms with Gasteiger partial charge in [0.2, 0.25) is 0 Å². The van der Waals surface area contributed by atoms with Gasteiger partial charge in [-0.15, -0.1) is 11.3 Å². The molecule has 132 valence electrons. The summed E-state index contributed by atoms with van der Waals surface area (Å²) in [6, 6.07) is 7.22. The van der Waals surface area contributed by atoms with Gasteiger partial charge in [0.25, 0.3) is 12.0 Å². The average Bonchev–Trinajstić information content (AvgIpc) is 2.97. The van der Waals surface area contributed by atoms with E-state index in [2.05, 4.69) is 9.97 Å². The van der Waals surface area contributed by atoms with Crippen LogP contribution in [0.1, 0.15) is 28.8 Å². The van der Waals surface area contributed by atoms with Crippen molar-refractivity contribution in [3.8, 4) is 5.69 Å². The van der Waals surface area contributed by atoms with Gasteiger partial charge < -0.3 is 0 Å². The molecule has 4 rings (SSSR count). The van der Waals surface area contributed by atoms with E-state index in [-0.39, 0.29) is 11.3 Å². The van der Waals surface area contributed by atoms with Crippen LogP contribution >= 0.6 is 11.3 Å². The van der Waals surface area contributed by atoms with Crippen LogP contribution in [0.25, 0.3) is 26.1 Å². The number of aromatic nitrogens is 3. The molecule has 0 aliphatic heterocycles. The molecule has 3 aromatic heterocycles. The molecule has 0 spiro atoms. The monoisotopic (exact) mass is 371 g/mol. The van der Waals surface area contributed by atoms with E-state index in [0.29, 0.717) is 26.0 Å². The summed E-state index contributed by atoms with van der Waals surface area (Å²) in [5.41, 5.74) is 3.42. The third kappa shape index (κ3) is 2.50. The number of nitrogens with zero attached hydrogens (tertiary/aromatic N) is 3. The molecule has 0 aliphatic carbocycles. The van der Waals surface area contributed by atoms with Crippen LogP contribution in [0.4, 0.5) is 8.78 Å². The largest absolute Gasteiger partial charge is 0.280 e. The second-order valence-corrected chi connectivity index (χ2v) is 7.33. The topological polar surface area (TPSA) is 47.8 Å². The number of fused-ring (bicyclic) bond motifs is 3. The first-order chi connectivity index (χ1) is 12.4. The second kappa shape index (κ2) is 5.95. The number of hydrogen-bond acceptors (Lipinski definition) is 4. The van der Waals surface area contributed by atoms with Gasteiger partial charge in [0.15, 0.2) is 0 Å². The number of pyridine rings is 1. The Bertz CT molecular complexity index is 1230. The summed E-state index contributed by atoms with van der Waals surface area (Å²) < 4.78 is 28.0. The molecule has 0 radical (unpaired) electrons. The van der Waals surface area contributed by atoms with Gasteiger partial charge in [-0.05, 0) is 49.6 Å². The van der Waals surface area contributed by atoms with Crippen molar-refractivity contribution >= 4 is 31.8 Å². The summed E-state index contributed by atoms with van der Waals surface area (Å²) in [5.74, 6) is 0. The Balaban J connectivity index is 2.05. The molecule has 0 atom stereocenters. The SMILES string of the molecule is Cc1ccc(C)c(-n2cnc3c(sc4nc(C(F)F)cc(C)c43)c2=O)c1. The van der Waals surface area contributed by atoms with E-state index in [4.69, 9.17) is 0 Å². The predicted octanol–water partition coefficient (Wildman–Crippen LogP) is 4.86. The number of halogens is 2. The zero-order valence-corrected chi connectivity index (χ0v) is 15.2. The smallest absolute Gasteiger partial charge is 0.267 e. The van der Waals surface area contributed by atoms with Crippen molar-refractivity contribution in [2.45, 2.75) is 27.2 Å². The number of hydrogen-bond donors (Lipinski definition) is 0. The van der Waals surface area contributed by atoms with Gasteiger partial charge in [0, 0.05) is 5.39 Å². The molecule has 0 fully saturated rings. The van der Waals surface area contributed by atoms with Crippen molar-refractivity contribution in [3.63, 3.8) is 0 Å². The van der Waals surface area contributed by atoms with Gasteiger partial charge in [-0.1, -0.05) is 12.1 Å². The minimum absolute atomic E-state index is 0.218. The fourth-order valence-electron chi connectivity index (χ4n) is 3.10. The van der Waals surface area contributed by atoms with Crippen LogP contribution in [0.3, 0.4) is 0 Å². The quantitative estimate of drug-likeness (QED) is 0.506. The lowest BCUT2D eigenvalue weighted by Gasteiger charge is -2.09. The van der Waals surface area contributed by atoms with Gasteiger partial charge in [-0.2, -0.15) is 0 Å². The first kappa shape index (κ1) is 16.8. The first-order valence-corrected chi connectivity index (χ1v) is 8.85. The van der Waals surface area contributed by atoms with Crippen LogP contribution in [0, 0.1) is 20.8 Å². The van der Waals surface area contributed by atoms with Crippen LogP contribution in [-0.4, -0.2) is 14.5 Å². The maximum Gasteiger partial charge on any atom is 0.280 e. The van der Waals surface area contributed by atoms with Gasteiger partial charge in [-0.3, -0.25) is 9.36 Å². The Kier molecular flexibility index (Phi) is 3.84. The van der Waals surface area contributed by atoms with E-state index >= 15 is 0 Å². The summed E-state index contributed by atoms with van der Waals surface area (Å²) in [6.45, 7) is 5.62. The molecule has 7 heteroatoms. The molecule has 4 aromatic rings. The number of rotatable bonds is 2. The average molecular weight is 371 g/mol. The molecule has 0 N–H and O–H groups in total. The number of thiophene rings is 1. The maximum atomic E-state index is 13.0. The van der Waals surface area contributed by atoms with Gasteiger partial charge in [-0.25, -0.2) is 18.7 Å². The Morgan fingerprint density at radius 2 is 1.88 bits per heavy atom. The number of aryl methyl sites for hydroxylation is 3. The van der Waals surface area contributed by atoms with E-state index in [9.17, 15) is 13.6 Å². The van der Waals surface area contributed by atoms with Crippen LogP contribution in [0.5, 0.6) is 0 Å². The minimum Gasteiger partial charge on any atom is -0.267 e. The third-order valence-corrected chi connectivity index (χ3v) is 5.48. The Morgan fingerprint density at radius 1 is 1.12 bits per heavy atom. The molecular formula is C19H15F2N3OS. The normalized spacial score (nSPS) is 11.8. The van der Waals surface area contributed by atoms with E-state index < -0.39 is 6.43 Å². The van der Waals surface area contributed by atoms with E-state index in [1.165, 1.54) is 17.0 Å². The predicted molar refractivity (Wildman–Crippen MR) is 99.7 cm³/mol.